The van der Waals surface area contributed by atoms with Gasteiger partial charge in [0.2, 0.25) is 0 Å². The van der Waals surface area contributed by atoms with Crippen LogP contribution in [0.1, 0.15) is 20.7 Å². The highest BCUT2D eigenvalue weighted by molar-refractivity contribution is 5.93. The van der Waals surface area contributed by atoms with Crippen LogP contribution in [0, 0.1) is 0 Å². The highest BCUT2D eigenvalue weighted by Crippen LogP contribution is 2.04. The first-order valence-corrected chi connectivity index (χ1v) is 5.81. The molecular weight excluding hydrogens is 288 g/mol. The molecule has 0 atom stereocenters. The lowest BCUT2D eigenvalue weighted by Crippen LogP contribution is -2.01. The third-order valence-corrected chi connectivity index (χ3v) is 1.46. The monoisotopic (exact) mass is 312 g/mol. The summed E-state index contributed by atoms with van der Waals surface area (Å²) in [5.74, 6) is -2.25. The second-order valence-corrected chi connectivity index (χ2v) is 2.64. The van der Waals surface area contributed by atoms with Crippen LogP contribution in [0.3, 0.4) is 0 Å². The van der Waals surface area contributed by atoms with Crippen LogP contribution in [0.4, 0.5) is 0 Å². The Morgan fingerprint density at radius 3 is 1.23 bits per heavy atom. The average Bonchev–Trinajstić information content (AvgIpc) is 2.60. The molecule has 22 heavy (non-hydrogen) atoms. The Morgan fingerprint density at radius 2 is 1.05 bits per heavy atom. The number of carbonyl (C=O) groups is 2. The Labute approximate surface area is 131 Å². The van der Waals surface area contributed by atoms with E-state index in [0.717, 1.165) is 6.07 Å². The van der Waals surface area contributed by atoms with E-state index < -0.39 is 11.9 Å². The fraction of sp³-hybridized carbons (Fsp3) is 0.125. The molecule has 124 valence electrons. The molecule has 0 saturated heterocycles. The molecule has 0 fully saturated rings. The number of aromatic carboxylic acids is 2. The summed E-state index contributed by atoms with van der Waals surface area (Å²) in [5, 5.41) is 32.2. The molecular formula is C16H24O6. The fourth-order valence-corrected chi connectivity index (χ4v) is 0.785. The minimum Gasteiger partial charge on any atom is -0.478 e. The average molecular weight is 312 g/mol. The lowest BCUT2D eigenvalue weighted by atomic mass is 10.1. The maximum Gasteiger partial charge on any atom is 0.335 e. The molecule has 0 aliphatic heterocycles. The van der Waals surface area contributed by atoms with Crippen LogP contribution in [-0.2, 0) is 0 Å². The topological polar surface area (TPSA) is 115 Å². The summed E-state index contributed by atoms with van der Waals surface area (Å²) in [7, 11) is 0. The van der Waals surface area contributed by atoms with E-state index >= 15 is 0 Å². The van der Waals surface area contributed by atoms with Crippen molar-refractivity contribution in [3.8, 4) is 0 Å². The second kappa shape index (κ2) is 23.4. The van der Waals surface area contributed by atoms with Crippen LogP contribution in [-0.4, -0.2) is 45.6 Å². The van der Waals surface area contributed by atoms with Gasteiger partial charge in [-0.2, -0.15) is 0 Å². The fourth-order valence-electron chi connectivity index (χ4n) is 0.785. The molecule has 0 aromatic heterocycles. The van der Waals surface area contributed by atoms with E-state index in [1.165, 1.54) is 18.2 Å². The molecule has 0 radical (unpaired) electrons. The molecule has 1 aromatic carbocycles. The van der Waals surface area contributed by atoms with E-state index in [4.69, 9.17) is 20.4 Å². The quantitative estimate of drug-likeness (QED) is 0.637. The minimum atomic E-state index is -1.13. The number of carboxylic acid groups (broad SMARTS) is 2. The molecule has 0 aliphatic rings. The maximum atomic E-state index is 10.4. The van der Waals surface area contributed by atoms with Gasteiger partial charge in [0, 0.05) is 0 Å². The minimum absolute atomic E-state index is 0.0186. The van der Waals surface area contributed by atoms with Gasteiger partial charge < -0.3 is 20.4 Å². The summed E-state index contributed by atoms with van der Waals surface area (Å²) >= 11 is 0. The zero-order valence-corrected chi connectivity index (χ0v) is 12.6. The van der Waals surface area contributed by atoms with Gasteiger partial charge in [0.25, 0.3) is 0 Å². The Balaban J connectivity index is -0.000000136. The number of hydrogen-bond donors (Lipinski definition) is 4. The largest absolute Gasteiger partial charge is 0.478 e. The molecule has 0 amide bonds. The van der Waals surface area contributed by atoms with Gasteiger partial charge in [0.05, 0.1) is 24.3 Å². The number of aliphatic hydroxyl groups excluding tert-OH is 2. The summed E-state index contributed by atoms with van der Waals surface area (Å²) in [4.78, 5) is 20.8. The van der Waals surface area contributed by atoms with Crippen LogP contribution in [0.15, 0.2) is 63.7 Å². The summed E-state index contributed by atoms with van der Waals surface area (Å²) in [5.41, 5.74) is -0.0372. The maximum absolute atomic E-state index is 10.4. The van der Waals surface area contributed by atoms with Gasteiger partial charge in [-0.05, 0) is 18.2 Å². The van der Waals surface area contributed by atoms with Gasteiger partial charge in [0.1, 0.15) is 0 Å². The van der Waals surface area contributed by atoms with Gasteiger partial charge in [-0.1, -0.05) is 6.07 Å². The third kappa shape index (κ3) is 17.3. The molecule has 6 nitrogen and oxygen atoms in total. The van der Waals surface area contributed by atoms with Crippen molar-refractivity contribution in [2.24, 2.45) is 0 Å². The van der Waals surface area contributed by atoms with Gasteiger partial charge in [0.15, 0.2) is 0 Å². The smallest absolute Gasteiger partial charge is 0.335 e. The molecule has 0 aliphatic carbocycles. The molecule has 0 unspecified atom stereocenters. The lowest BCUT2D eigenvalue weighted by molar-refractivity contribution is 0.0696. The van der Waals surface area contributed by atoms with Gasteiger partial charge in [-0.3, -0.25) is 0 Å². The summed E-state index contributed by atoms with van der Waals surface area (Å²) in [6.07, 6.45) is 0. The van der Waals surface area contributed by atoms with Gasteiger partial charge in [-0.25, -0.2) is 9.59 Å². The SMILES string of the molecule is C=C.C=C.C=C.O=C(O)c1cccc(C(=O)O)c1.OCCO. The molecule has 1 aromatic rings. The third-order valence-electron chi connectivity index (χ3n) is 1.46. The van der Waals surface area contributed by atoms with E-state index in [2.05, 4.69) is 39.5 Å². The number of hydrogen-bond acceptors (Lipinski definition) is 4. The Hall–Kier alpha value is -2.70. The van der Waals surface area contributed by atoms with Crippen LogP contribution in [0.2, 0.25) is 0 Å². The zero-order chi connectivity index (χ0) is 18.6. The summed E-state index contributed by atoms with van der Waals surface area (Å²) < 4.78 is 0. The summed E-state index contributed by atoms with van der Waals surface area (Å²) in [6, 6.07) is 5.20. The highest BCUT2D eigenvalue weighted by Gasteiger charge is 2.06. The van der Waals surface area contributed by atoms with E-state index in [1.807, 2.05) is 0 Å². The van der Waals surface area contributed by atoms with Gasteiger partial charge >= 0.3 is 11.9 Å². The standard InChI is InChI=1S/C8H6O4.C2H6O2.3C2H4/c9-7(10)5-2-1-3-6(4-5)8(11)12;3-1-2-4;3*1-2/h1-4H,(H,9,10)(H,11,12);3-4H,1-2H2;3*1-2H2. The molecule has 4 N–H and O–H groups in total. The van der Waals surface area contributed by atoms with Crippen molar-refractivity contribution in [1.82, 2.24) is 0 Å². The van der Waals surface area contributed by atoms with Crippen molar-refractivity contribution in [2.75, 3.05) is 13.2 Å². The van der Waals surface area contributed by atoms with Crippen LogP contribution in [0.5, 0.6) is 0 Å². The lowest BCUT2D eigenvalue weighted by Gasteiger charge is -1.95. The van der Waals surface area contributed by atoms with Crippen molar-refractivity contribution in [3.63, 3.8) is 0 Å². The molecule has 0 heterocycles. The van der Waals surface area contributed by atoms with E-state index in [9.17, 15) is 9.59 Å². The first-order valence-electron chi connectivity index (χ1n) is 5.81. The molecule has 0 bridgehead atoms. The zero-order valence-electron chi connectivity index (χ0n) is 12.6. The van der Waals surface area contributed by atoms with Crippen molar-refractivity contribution >= 4 is 11.9 Å². The summed E-state index contributed by atoms with van der Waals surface area (Å²) in [6.45, 7) is 17.8. The van der Waals surface area contributed by atoms with Crippen LogP contribution >= 0.6 is 0 Å². The predicted octanol–water partition coefficient (Wildman–Crippen LogP) is 2.46. The van der Waals surface area contributed by atoms with Crippen LogP contribution in [0.25, 0.3) is 0 Å². The normalized spacial score (nSPS) is 7.00. The molecule has 6 heteroatoms. The van der Waals surface area contributed by atoms with Crippen molar-refractivity contribution in [1.29, 1.82) is 0 Å². The Bertz CT molecular complexity index is 367. The number of aliphatic hydroxyl groups is 2. The Morgan fingerprint density at radius 1 is 0.773 bits per heavy atom. The first kappa shape index (κ1) is 27.6. The molecule has 0 spiro atoms. The number of rotatable bonds is 3. The van der Waals surface area contributed by atoms with Crippen LogP contribution < -0.4 is 0 Å². The Kier molecular flexibility index (Phi) is 29.4. The first-order chi connectivity index (χ1) is 10.5. The molecule has 1 rings (SSSR count). The van der Waals surface area contributed by atoms with E-state index in [-0.39, 0.29) is 24.3 Å². The molecule has 0 saturated carbocycles. The second-order valence-electron chi connectivity index (χ2n) is 2.64. The predicted molar refractivity (Wildman–Crippen MR) is 88.3 cm³/mol. The number of benzene rings is 1. The van der Waals surface area contributed by atoms with Crippen molar-refractivity contribution in [2.45, 2.75) is 0 Å². The van der Waals surface area contributed by atoms with Crippen molar-refractivity contribution < 1.29 is 30.0 Å². The number of carboxylic acids is 2. The van der Waals surface area contributed by atoms with E-state index in [0.29, 0.717) is 0 Å². The van der Waals surface area contributed by atoms with E-state index in [1.54, 1.807) is 0 Å². The highest BCUT2D eigenvalue weighted by atomic mass is 16.4. The van der Waals surface area contributed by atoms with Crippen molar-refractivity contribution in [3.05, 3.63) is 74.9 Å². The van der Waals surface area contributed by atoms with Gasteiger partial charge in [-0.15, -0.1) is 39.5 Å².